The van der Waals surface area contributed by atoms with Gasteiger partial charge in [0.05, 0.1) is 29.1 Å². The first-order valence-corrected chi connectivity index (χ1v) is 7.93. The second kappa shape index (κ2) is 5.32. The Bertz CT molecular complexity index is 498. The van der Waals surface area contributed by atoms with E-state index >= 15 is 0 Å². The minimum Gasteiger partial charge on any atom is -0.396 e. The van der Waals surface area contributed by atoms with E-state index in [0.717, 1.165) is 42.4 Å². The number of hydrogen-bond acceptors (Lipinski definition) is 3. The van der Waals surface area contributed by atoms with Crippen LogP contribution in [0, 0.1) is 18.3 Å². The maximum absolute atomic E-state index is 10.0. The SMILES string of the molecule is CCn1nc(C)c(Cl)c1CC1(CO)CCOC1C1CC1. The Balaban J connectivity index is 1.91. The molecule has 2 fully saturated rings. The van der Waals surface area contributed by atoms with Gasteiger partial charge in [0.1, 0.15) is 0 Å². The average molecular weight is 299 g/mol. The minimum atomic E-state index is -0.176. The maximum Gasteiger partial charge on any atom is 0.0847 e. The van der Waals surface area contributed by atoms with Crippen molar-refractivity contribution in [1.82, 2.24) is 9.78 Å². The number of aryl methyl sites for hydroxylation is 2. The molecule has 0 spiro atoms. The molecule has 3 rings (SSSR count). The zero-order chi connectivity index (χ0) is 14.3. The van der Waals surface area contributed by atoms with Gasteiger partial charge in [-0.1, -0.05) is 11.6 Å². The Morgan fingerprint density at radius 2 is 2.25 bits per heavy atom. The van der Waals surface area contributed by atoms with Crippen LogP contribution in [0.3, 0.4) is 0 Å². The molecule has 2 atom stereocenters. The molecule has 4 nitrogen and oxygen atoms in total. The number of nitrogens with zero attached hydrogens (tertiary/aromatic N) is 2. The van der Waals surface area contributed by atoms with E-state index in [1.54, 1.807) is 0 Å². The summed E-state index contributed by atoms with van der Waals surface area (Å²) in [6.45, 7) is 5.73. The standard InChI is InChI=1S/C15H23ClN2O2/c1-3-18-12(13(16)10(2)17-18)8-15(9-19)6-7-20-14(15)11-4-5-11/h11,14,19H,3-9H2,1-2H3. The number of aliphatic hydroxyl groups is 1. The van der Waals surface area contributed by atoms with Gasteiger partial charge in [-0.15, -0.1) is 0 Å². The number of aliphatic hydroxyl groups excluding tert-OH is 1. The average Bonchev–Trinajstić information content (AvgIpc) is 3.16. The van der Waals surface area contributed by atoms with Crippen LogP contribution in [0.2, 0.25) is 5.02 Å². The molecule has 2 heterocycles. The van der Waals surface area contributed by atoms with Gasteiger partial charge in [-0.2, -0.15) is 5.10 Å². The van der Waals surface area contributed by atoms with Gasteiger partial charge in [0, 0.05) is 25.0 Å². The monoisotopic (exact) mass is 298 g/mol. The molecule has 0 radical (unpaired) electrons. The van der Waals surface area contributed by atoms with E-state index in [9.17, 15) is 5.11 Å². The van der Waals surface area contributed by atoms with Gasteiger partial charge < -0.3 is 9.84 Å². The lowest BCUT2D eigenvalue weighted by Crippen LogP contribution is -2.39. The fraction of sp³-hybridized carbons (Fsp3) is 0.800. The van der Waals surface area contributed by atoms with Crippen molar-refractivity contribution in [2.45, 2.75) is 52.2 Å². The molecule has 1 aliphatic carbocycles. The molecule has 5 heteroatoms. The van der Waals surface area contributed by atoms with Gasteiger partial charge in [0.25, 0.3) is 0 Å². The van der Waals surface area contributed by atoms with Crippen LogP contribution >= 0.6 is 11.6 Å². The molecule has 2 aliphatic rings. The lowest BCUT2D eigenvalue weighted by atomic mass is 9.76. The van der Waals surface area contributed by atoms with Crippen molar-refractivity contribution in [3.8, 4) is 0 Å². The Hall–Kier alpha value is -0.580. The van der Waals surface area contributed by atoms with E-state index in [0.29, 0.717) is 5.92 Å². The second-order valence-electron chi connectivity index (χ2n) is 6.24. The third-order valence-electron chi connectivity index (χ3n) is 4.84. The topological polar surface area (TPSA) is 47.3 Å². The van der Waals surface area contributed by atoms with Crippen LogP contribution in [-0.2, 0) is 17.7 Å². The molecule has 0 bridgehead atoms. The summed E-state index contributed by atoms with van der Waals surface area (Å²) < 4.78 is 7.91. The van der Waals surface area contributed by atoms with Crippen LogP contribution in [0.4, 0.5) is 0 Å². The molecule has 1 N–H and O–H groups in total. The summed E-state index contributed by atoms with van der Waals surface area (Å²) in [5.41, 5.74) is 1.75. The molecule has 1 aliphatic heterocycles. The lowest BCUT2D eigenvalue weighted by Gasteiger charge is -2.32. The molecule has 2 unspecified atom stereocenters. The van der Waals surface area contributed by atoms with Crippen LogP contribution < -0.4 is 0 Å². The first kappa shape index (κ1) is 14.4. The first-order chi connectivity index (χ1) is 9.61. The largest absolute Gasteiger partial charge is 0.396 e. The summed E-state index contributed by atoms with van der Waals surface area (Å²) in [6, 6.07) is 0. The smallest absolute Gasteiger partial charge is 0.0847 e. The summed E-state index contributed by atoms with van der Waals surface area (Å²) in [6.07, 6.45) is 4.31. The summed E-state index contributed by atoms with van der Waals surface area (Å²) in [5, 5.41) is 15.3. The third-order valence-corrected chi connectivity index (χ3v) is 5.33. The summed E-state index contributed by atoms with van der Waals surface area (Å²) in [7, 11) is 0. The van der Waals surface area contributed by atoms with Gasteiger partial charge in [0.2, 0.25) is 0 Å². The third kappa shape index (κ3) is 2.28. The van der Waals surface area contributed by atoms with E-state index in [2.05, 4.69) is 12.0 Å². The van der Waals surface area contributed by atoms with Gasteiger partial charge in [-0.05, 0) is 39.0 Å². The molecule has 1 aromatic rings. The Morgan fingerprint density at radius 1 is 1.50 bits per heavy atom. The van der Waals surface area contributed by atoms with E-state index in [4.69, 9.17) is 16.3 Å². The molecular formula is C15H23ClN2O2. The van der Waals surface area contributed by atoms with Crippen molar-refractivity contribution in [3.63, 3.8) is 0 Å². The van der Waals surface area contributed by atoms with Crippen molar-refractivity contribution in [3.05, 3.63) is 16.4 Å². The lowest BCUT2D eigenvalue weighted by molar-refractivity contribution is -0.000382. The summed E-state index contributed by atoms with van der Waals surface area (Å²) in [5.74, 6) is 0.627. The minimum absolute atomic E-state index is 0.165. The first-order valence-electron chi connectivity index (χ1n) is 7.55. The predicted octanol–water partition coefficient (Wildman–Crippen LogP) is 2.58. The Labute approximate surface area is 125 Å². The van der Waals surface area contributed by atoms with Gasteiger partial charge in [-0.25, -0.2) is 0 Å². The normalized spacial score (nSPS) is 30.1. The highest BCUT2D eigenvalue weighted by atomic mass is 35.5. The number of halogens is 1. The highest BCUT2D eigenvalue weighted by Crippen LogP contribution is 2.49. The quantitative estimate of drug-likeness (QED) is 0.909. The van der Waals surface area contributed by atoms with E-state index < -0.39 is 0 Å². The van der Waals surface area contributed by atoms with Gasteiger partial charge >= 0.3 is 0 Å². The molecular weight excluding hydrogens is 276 g/mol. The number of aromatic nitrogens is 2. The number of rotatable bonds is 5. The molecule has 0 amide bonds. The van der Waals surface area contributed by atoms with E-state index in [-0.39, 0.29) is 18.1 Å². The van der Waals surface area contributed by atoms with Crippen LogP contribution in [0.15, 0.2) is 0 Å². The molecule has 1 aromatic heterocycles. The van der Waals surface area contributed by atoms with Crippen LogP contribution in [0.25, 0.3) is 0 Å². The fourth-order valence-electron chi connectivity index (χ4n) is 3.53. The van der Waals surface area contributed by atoms with Crippen molar-refractivity contribution in [2.24, 2.45) is 11.3 Å². The van der Waals surface area contributed by atoms with Crippen LogP contribution in [0.5, 0.6) is 0 Å². The van der Waals surface area contributed by atoms with E-state index in [1.807, 2.05) is 11.6 Å². The zero-order valence-corrected chi connectivity index (χ0v) is 13.0. The van der Waals surface area contributed by atoms with Crippen LogP contribution in [-0.4, -0.2) is 34.2 Å². The van der Waals surface area contributed by atoms with Crippen molar-refractivity contribution >= 4 is 11.6 Å². The fourth-order valence-corrected chi connectivity index (χ4v) is 3.73. The summed E-state index contributed by atoms with van der Waals surface area (Å²) >= 11 is 6.43. The Morgan fingerprint density at radius 3 is 2.85 bits per heavy atom. The highest BCUT2D eigenvalue weighted by Gasteiger charge is 2.51. The zero-order valence-electron chi connectivity index (χ0n) is 12.2. The molecule has 20 heavy (non-hydrogen) atoms. The number of ether oxygens (including phenoxy) is 1. The van der Waals surface area contributed by atoms with E-state index in [1.165, 1.54) is 12.8 Å². The molecule has 1 saturated carbocycles. The predicted molar refractivity (Wildman–Crippen MR) is 78.0 cm³/mol. The summed E-state index contributed by atoms with van der Waals surface area (Å²) in [4.78, 5) is 0. The maximum atomic E-state index is 10.0. The number of hydrogen-bond donors (Lipinski definition) is 1. The van der Waals surface area contributed by atoms with Gasteiger partial charge in [-0.3, -0.25) is 4.68 Å². The highest BCUT2D eigenvalue weighted by molar-refractivity contribution is 6.31. The van der Waals surface area contributed by atoms with Gasteiger partial charge in [0.15, 0.2) is 0 Å². The molecule has 1 saturated heterocycles. The van der Waals surface area contributed by atoms with Crippen molar-refractivity contribution in [1.29, 1.82) is 0 Å². The van der Waals surface area contributed by atoms with Crippen LogP contribution in [0.1, 0.15) is 37.6 Å². The second-order valence-corrected chi connectivity index (χ2v) is 6.62. The van der Waals surface area contributed by atoms with Crippen molar-refractivity contribution < 1.29 is 9.84 Å². The molecule has 0 aromatic carbocycles. The van der Waals surface area contributed by atoms with Crippen molar-refractivity contribution in [2.75, 3.05) is 13.2 Å². The molecule has 112 valence electrons. The Kier molecular flexibility index (Phi) is 3.82.